The predicted molar refractivity (Wildman–Crippen MR) is 90.5 cm³/mol. The average Bonchev–Trinajstić information content (AvgIpc) is 3.17. The Balaban J connectivity index is 1.50. The van der Waals surface area contributed by atoms with Gasteiger partial charge >= 0.3 is 0 Å². The normalized spacial score (nSPS) is 11.0. The Labute approximate surface area is 136 Å². The number of hydrogen-bond acceptors (Lipinski definition) is 6. The molecule has 4 heterocycles. The van der Waals surface area contributed by atoms with Crippen LogP contribution in [0.15, 0.2) is 55.2 Å². The van der Waals surface area contributed by atoms with Crippen LogP contribution in [0.4, 0.5) is 5.13 Å². The molecule has 1 N–H and O–H groups in total. The third kappa shape index (κ3) is 2.91. The van der Waals surface area contributed by atoms with Crippen molar-refractivity contribution in [3.05, 3.63) is 60.8 Å². The molecular weight excluding hydrogens is 308 g/mol. The fraction of sp³-hybridized carbons (Fsp3) is 0.125. The van der Waals surface area contributed by atoms with Gasteiger partial charge in [-0.15, -0.1) is 5.10 Å². The van der Waals surface area contributed by atoms with E-state index >= 15 is 0 Å². The molecule has 0 aliphatic rings. The Bertz CT molecular complexity index is 900. The molecule has 0 atom stereocenters. The monoisotopic (exact) mass is 322 g/mol. The average molecular weight is 322 g/mol. The molecule has 0 amide bonds. The molecule has 7 heteroatoms. The van der Waals surface area contributed by atoms with E-state index in [1.807, 2.05) is 53.6 Å². The van der Waals surface area contributed by atoms with Crippen molar-refractivity contribution >= 4 is 21.4 Å². The summed E-state index contributed by atoms with van der Waals surface area (Å²) in [4.78, 5) is 13.5. The molecule has 0 saturated carbocycles. The lowest BCUT2D eigenvalue weighted by Gasteiger charge is -2.02. The largest absolute Gasteiger partial charge is 0.360 e. The highest BCUT2D eigenvalue weighted by Crippen LogP contribution is 2.25. The van der Waals surface area contributed by atoms with E-state index in [0.29, 0.717) is 0 Å². The van der Waals surface area contributed by atoms with E-state index in [0.717, 1.165) is 34.3 Å². The SMILES string of the molecule is c1cncc(-c2cnc3sc(NCCc4ccncc4)nn23)c1. The molecule has 0 aliphatic carbocycles. The minimum Gasteiger partial charge on any atom is -0.360 e. The second-order valence-corrected chi connectivity index (χ2v) is 5.97. The zero-order chi connectivity index (χ0) is 15.5. The van der Waals surface area contributed by atoms with Gasteiger partial charge < -0.3 is 5.32 Å². The molecule has 4 aromatic rings. The van der Waals surface area contributed by atoms with Crippen LogP contribution in [-0.2, 0) is 6.42 Å². The van der Waals surface area contributed by atoms with E-state index in [4.69, 9.17) is 0 Å². The van der Waals surface area contributed by atoms with Crippen molar-refractivity contribution in [1.29, 1.82) is 0 Å². The number of pyridine rings is 2. The van der Waals surface area contributed by atoms with Gasteiger partial charge in [-0.3, -0.25) is 9.97 Å². The van der Waals surface area contributed by atoms with Gasteiger partial charge in [0.25, 0.3) is 0 Å². The summed E-state index contributed by atoms with van der Waals surface area (Å²) in [6, 6.07) is 7.97. The first-order valence-electron chi connectivity index (χ1n) is 7.28. The van der Waals surface area contributed by atoms with E-state index in [1.54, 1.807) is 17.5 Å². The number of fused-ring (bicyclic) bond motifs is 1. The Kier molecular flexibility index (Phi) is 3.69. The summed E-state index contributed by atoms with van der Waals surface area (Å²) in [7, 11) is 0. The molecule has 6 nitrogen and oxygen atoms in total. The summed E-state index contributed by atoms with van der Waals surface area (Å²) >= 11 is 1.54. The number of anilines is 1. The minimum absolute atomic E-state index is 0.822. The van der Waals surface area contributed by atoms with Crippen LogP contribution in [0, 0.1) is 0 Å². The van der Waals surface area contributed by atoms with Crippen LogP contribution in [0.25, 0.3) is 16.2 Å². The third-order valence-electron chi connectivity index (χ3n) is 3.48. The molecule has 0 radical (unpaired) electrons. The highest BCUT2D eigenvalue weighted by atomic mass is 32.1. The number of nitrogens with one attached hydrogen (secondary N) is 1. The molecule has 0 unspecified atom stereocenters. The third-order valence-corrected chi connectivity index (χ3v) is 4.36. The van der Waals surface area contributed by atoms with E-state index < -0.39 is 0 Å². The van der Waals surface area contributed by atoms with Crippen LogP contribution < -0.4 is 5.32 Å². The van der Waals surface area contributed by atoms with Crippen molar-refractivity contribution in [2.24, 2.45) is 0 Å². The highest BCUT2D eigenvalue weighted by molar-refractivity contribution is 7.20. The maximum atomic E-state index is 4.60. The Morgan fingerprint density at radius 1 is 1.04 bits per heavy atom. The molecule has 0 fully saturated rings. The number of rotatable bonds is 5. The van der Waals surface area contributed by atoms with Crippen LogP contribution in [0.2, 0.25) is 0 Å². The number of imidazole rings is 1. The van der Waals surface area contributed by atoms with Crippen LogP contribution >= 0.6 is 11.3 Å². The van der Waals surface area contributed by atoms with Crippen molar-refractivity contribution in [3.8, 4) is 11.3 Å². The first-order valence-corrected chi connectivity index (χ1v) is 8.09. The summed E-state index contributed by atoms with van der Waals surface area (Å²) in [5.74, 6) is 0. The van der Waals surface area contributed by atoms with Gasteiger partial charge in [0.15, 0.2) is 0 Å². The molecule has 0 aromatic carbocycles. The summed E-state index contributed by atoms with van der Waals surface area (Å²) in [6.45, 7) is 0.822. The molecule has 0 aliphatic heterocycles. The van der Waals surface area contributed by atoms with Crippen molar-refractivity contribution in [2.45, 2.75) is 6.42 Å². The van der Waals surface area contributed by atoms with Crippen molar-refractivity contribution in [2.75, 3.05) is 11.9 Å². The van der Waals surface area contributed by atoms with Crippen molar-refractivity contribution in [1.82, 2.24) is 24.6 Å². The van der Waals surface area contributed by atoms with Gasteiger partial charge in [0.2, 0.25) is 10.1 Å². The van der Waals surface area contributed by atoms with Gasteiger partial charge in [0, 0.05) is 36.9 Å². The van der Waals surface area contributed by atoms with Crippen molar-refractivity contribution in [3.63, 3.8) is 0 Å². The smallest absolute Gasteiger partial charge is 0.214 e. The highest BCUT2D eigenvalue weighted by Gasteiger charge is 2.11. The molecule has 114 valence electrons. The van der Waals surface area contributed by atoms with E-state index in [-0.39, 0.29) is 0 Å². The van der Waals surface area contributed by atoms with Crippen LogP contribution in [0.3, 0.4) is 0 Å². The Morgan fingerprint density at radius 2 is 1.96 bits per heavy atom. The maximum absolute atomic E-state index is 4.60. The minimum atomic E-state index is 0.822. The second-order valence-electron chi connectivity index (χ2n) is 5.02. The van der Waals surface area contributed by atoms with Gasteiger partial charge in [0.05, 0.1) is 11.9 Å². The quantitative estimate of drug-likeness (QED) is 0.612. The molecule has 0 bridgehead atoms. The standard InChI is InChI=1S/C16H14N6S/c1-2-13(10-18-6-1)14-11-20-16-22(14)21-15(23-16)19-9-5-12-3-7-17-8-4-12/h1-4,6-8,10-11H,5,9H2,(H,19,21). The summed E-state index contributed by atoms with van der Waals surface area (Å²) in [5.41, 5.74) is 3.21. The lowest BCUT2D eigenvalue weighted by Crippen LogP contribution is -2.05. The summed E-state index contributed by atoms with van der Waals surface area (Å²) in [6.07, 6.45) is 9.96. The van der Waals surface area contributed by atoms with E-state index in [2.05, 4.69) is 25.4 Å². The van der Waals surface area contributed by atoms with E-state index in [1.165, 1.54) is 5.56 Å². The molecule has 23 heavy (non-hydrogen) atoms. The first-order chi connectivity index (χ1) is 11.4. The summed E-state index contributed by atoms with van der Waals surface area (Å²) in [5, 5.41) is 8.83. The Hall–Kier alpha value is -2.80. The molecule has 0 saturated heterocycles. The lowest BCUT2D eigenvalue weighted by molar-refractivity contribution is 0.950. The van der Waals surface area contributed by atoms with Gasteiger partial charge in [-0.1, -0.05) is 11.3 Å². The number of nitrogens with zero attached hydrogens (tertiary/aromatic N) is 5. The maximum Gasteiger partial charge on any atom is 0.214 e. The van der Waals surface area contributed by atoms with Gasteiger partial charge in [-0.2, -0.15) is 0 Å². The van der Waals surface area contributed by atoms with Crippen LogP contribution in [-0.4, -0.2) is 31.1 Å². The number of aromatic nitrogens is 5. The lowest BCUT2D eigenvalue weighted by atomic mass is 10.2. The first kappa shape index (κ1) is 13.8. The second kappa shape index (κ2) is 6.13. The number of hydrogen-bond donors (Lipinski definition) is 1. The Morgan fingerprint density at radius 3 is 2.78 bits per heavy atom. The van der Waals surface area contributed by atoms with Crippen molar-refractivity contribution < 1.29 is 0 Å². The van der Waals surface area contributed by atoms with Crippen LogP contribution in [0.5, 0.6) is 0 Å². The summed E-state index contributed by atoms with van der Waals surface area (Å²) < 4.78 is 1.86. The molecule has 4 aromatic heterocycles. The molecule has 0 spiro atoms. The van der Waals surface area contributed by atoms with Crippen LogP contribution in [0.1, 0.15) is 5.56 Å². The zero-order valence-electron chi connectivity index (χ0n) is 12.3. The molecular formula is C16H14N6S. The van der Waals surface area contributed by atoms with Gasteiger partial charge in [-0.05, 0) is 36.2 Å². The topological polar surface area (TPSA) is 68.0 Å². The van der Waals surface area contributed by atoms with E-state index in [9.17, 15) is 0 Å². The zero-order valence-corrected chi connectivity index (χ0v) is 13.1. The fourth-order valence-corrected chi connectivity index (χ4v) is 3.14. The molecule has 4 rings (SSSR count). The predicted octanol–water partition coefficient (Wildman–Crippen LogP) is 2.90. The van der Waals surface area contributed by atoms with Gasteiger partial charge in [0.1, 0.15) is 0 Å². The fourth-order valence-electron chi connectivity index (χ4n) is 2.34. The van der Waals surface area contributed by atoms with Gasteiger partial charge in [-0.25, -0.2) is 9.50 Å².